The van der Waals surface area contributed by atoms with Crippen LogP contribution >= 0.6 is 0 Å². The van der Waals surface area contributed by atoms with Gasteiger partial charge in [-0.05, 0) is 24.3 Å². The van der Waals surface area contributed by atoms with Crippen molar-refractivity contribution in [3.05, 3.63) is 54.0 Å². The van der Waals surface area contributed by atoms with E-state index < -0.39 is 15.8 Å². The fraction of sp³-hybridized carbons (Fsp3) is 0.0625. The number of H-pyrrole nitrogens is 1. The normalized spacial score (nSPS) is 11.2. The third-order valence-corrected chi connectivity index (χ3v) is 4.90. The van der Waals surface area contributed by atoms with Crippen LogP contribution in [0.4, 0.5) is 10.1 Å². The lowest BCUT2D eigenvalue weighted by molar-refractivity contribution is 0.419. The van der Waals surface area contributed by atoms with Gasteiger partial charge in [-0.2, -0.15) is 5.26 Å². The van der Waals surface area contributed by atoms with Crippen molar-refractivity contribution in [2.24, 2.45) is 0 Å². The lowest BCUT2D eigenvalue weighted by atomic mass is 10.2. The molecule has 6 nitrogen and oxygen atoms in total. The molecule has 0 aliphatic heterocycles. The molecule has 0 spiro atoms. The van der Waals surface area contributed by atoms with Crippen LogP contribution in [0.5, 0.6) is 5.75 Å². The van der Waals surface area contributed by atoms with Gasteiger partial charge in [0.2, 0.25) is 0 Å². The number of para-hydroxylation sites is 1. The molecule has 2 N–H and O–H groups in total. The summed E-state index contributed by atoms with van der Waals surface area (Å²) in [4.78, 5) is 2.82. The van der Waals surface area contributed by atoms with Crippen LogP contribution in [0.25, 0.3) is 10.9 Å². The maximum absolute atomic E-state index is 13.9. The van der Waals surface area contributed by atoms with E-state index in [0.717, 1.165) is 6.07 Å². The van der Waals surface area contributed by atoms with E-state index in [0.29, 0.717) is 16.7 Å². The zero-order valence-electron chi connectivity index (χ0n) is 12.5. The number of fused-ring (bicyclic) bond motifs is 1. The number of sulfonamides is 1. The van der Waals surface area contributed by atoms with E-state index in [4.69, 9.17) is 10.00 Å². The molecule has 8 heteroatoms. The first kappa shape index (κ1) is 15.8. The number of hydrogen-bond donors (Lipinski definition) is 2. The van der Waals surface area contributed by atoms with Crippen LogP contribution in [0.1, 0.15) is 5.56 Å². The molecule has 0 aliphatic rings. The second kappa shape index (κ2) is 5.86. The third kappa shape index (κ3) is 2.66. The molecule has 3 rings (SSSR count). The van der Waals surface area contributed by atoms with Gasteiger partial charge in [0, 0.05) is 11.6 Å². The number of benzene rings is 2. The van der Waals surface area contributed by atoms with Crippen LogP contribution in [0.2, 0.25) is 0 Å². The number of nitrogens with zero attached hydrogens (tertiary/aromatic N) is 1. The van der Waals surface area contributed by atoms with E-state index in [1.54, 1.807) is 24.3 Å². The Bertz CT molecular complexity index is 1070. The number of ether oxygens (including phenoxy) is 1. The fourth-order valence-electron chi connectivity index (χ4n) is 2.36. The van der Waals surface area contributed by atoms with Crippen LogP contribution in [0.3, 0.4) is 0 Å². The summed E-state index contributed by atoms with van der Waals surface area (Å²) in [5.74, 6) is -0.325. The molecule has 1 aromatic heterocycles. The maximum Gasteiger partial charge on any atom is 0.264 e. The van der Waals surface area contributed by atoms with Gasteiger partial charge in [-0.1, -0.05) is 12.1 Å². The largest absolute Gasteiger partial charge is 0.495 e. The van der Waals surface area contributed by atoms with Crippen molar-refractivity contribution in [3.63, 3.8) is 0 Å². The summed E-state index contributed by atoms with van der Waals surface area (Å²) in [6.07, 6.45) is 1.32. The van der Waals surface area contributed by atoms with Crippen molar-refractivity contribution in [2.45, 2.75) is 4.90 Å². The molecule has 2 aromatic carbocycles. The van der Waals surface area contributed by atoms with Crippen LogP contribution in [0.15, 0.2) is 47.5 Å². The molecule has 3 aromatic rings. The number of methoxy groups -OCH3 is 1. The van der Waals surface area contributed by atoms with Crippen molar-refractivity contribution < 1.29 is 17.5 Å². The van der Waals surface area contributed by atoms with Gasteiger partial charge in [-0.15, -0.1) is 0 Å². The molecule has 24 heavy (non-hydrogen) atoms. The number of hydrogen-bond acceptors (Lipinski definition) is 4. The second-order valence-electron chi connectivity index (χ2n) is 4.95. The molecule has 0 amide bonds. The minimum absolute atomic E-state index is 0.0276. The highest BCUT2D eigenvalue weighted by molar-refractivity contribution is 7.93. The first-order valence-electron chi connectivity index (χ1n) is 6.83. The summed E-state index contributed by atoms with van der Waals surface area (Å²) >= 11 is 0. The molecule has 122 valence electrons. The Labute approximate surface area is 137 Å². The van der Waals surface area contributed by atoms with E-state index in [-0.39, 0.29) is 16.1 Å². The Morgan fingerprint density at radius 3 is 2.75 bits per heavy atom. The number of halogens is 1. The lowest BCUT2D eigenvalue weighted by Gasteiger charge is -2.08. The van der Waals surface area contributed by atoms with E-state index in [9.17, 15) is 12.8 Å². The number of nitrogens with one attached hydrogen (secondary N) is 2. The topological polar surface area (TPSA) is 95.0 Å². The first-order valence-corrected chi connectivity index (χ1v) is 8.31. The van der Waals surface area contributed by atoms with Crippen molar-refractivity contribution in [2.75, 3.05) is 11.8 Å². The molecule has 0 unspecified atom stereocenters. The third-order valence-electron chi connectivity index (χ3n) is 3.49. The molecule has 0 radical (unpaired) electrons. The standard InChI is InChI=1S/C16H12FN3O3S/c1-23-14-4-2-3-11-15(9-19-16(11)14)24(21,22)20-13-6-5-10(8-18)7-12(13)17/h2-7,9,19-20H,1H3. The van der Waals surface area contributed by atoms with Crippen LogP contribution in [-0.4, -0.2) is 20.5 Å². The molecule has 0 saturated heterocycles. The Kier molecular flexibility index (Phi) is 3.87. The Balaban J connectivity index is 2.05. The molecule has 1 heterocycles. The van der Waals surface area contributed by atoms with Gasteiger partial charge in [0.15, 0.2) is 0 Å². The van der Waals surface area contributed by atoms with Crippen LogP contribution < -0.4 is 9.46 Å². The van der Waals surface area contributed by atoms with E-state index in [2.05, 4.69) is 9.71 Å². The quantitative estimate of drug-likeness (QED) is 0.760. The van der Waals surface area contributed by atoms with Crippen molar-refractivity contribution >= 4 is 26.6 Å². The van der Waals surface area contributed by atoms with Crippen LogP contribution in [-0.2, 0) is 10.0 Å². The van der Waals surface area contributed by atoms with Crippen molar-refractivity contribution in [1.29, 1.82) is 5.26 Å². The van der Waals surface area contributed by atoms with Gasteiger partial charge in [-0.3, -0.25) is 4.72 Å². The first-order chi connectivity index (χ1) is 11.5. The fourth-order valence-corrected chi connectivity index (χ4v) is 3.60. The zero-order valence-corrected chi connectivity index (χ0v) is 13.3. The minimum atomic E-state index is -4.02. The number of aromatic amines is 1. The van der Waals surface area contributed by atoms with E-state index in [1.165, 1.54) is 25.4 Å². The molecule has 0 saturated carbocycles. The highest BCUT2D eigenvalue weighted by atomic mass is 32.2. The lowest BCUT2D eigenvalue weighted by Crippen LogP contribution is -2.13. The predicted molar refractivity (Wildman–Crippen MR) is 86.8 cm³/mol. The van der Waals surface area contributed by atoms with Gasteiger partial charge in [-0.25, -0.2) is 12.8 Å². The number of nitriles is 1. The second-order valence-corrected chi connectivity index (χ2v) is 6.60. The summed E-state index contributed by atoms with van der Waals surface area (Å²) in [7, 11) is -2.54. The highest BCUT2D eigenvalue weighted by Crippen LogP contribution is 2.31. The van der Waals surface area contributed by atoms with Gasteiger partial charge < -0.3 is 9.72 Å². The van der Waals surface area contributed by atoms with E-state index in [1.807, 2.05) is 0 Å². The molecule has 0 aliphatic carbocycles. The van der Waals surface area contributed by atoms with Crippen molar-refractivity contribution in [3.8, 4) is 11.8 Å². The zero-order chi connectivity index (χ0) is 17.3. The van der Waals surface area contributed by atoms with Gasteiger partial charge in [0.05, 0.1) is 29.9 Å². The predicted octanol–water partition coefficient (Wildman–Crippen LogP) is 2.99. The van der Waals surface area contributed by atoms with Gasteiger partial charge in [0.25, 0.3) is 10.0 Å². The number of anilines is 1. The number of rotatable bonds is 4. The molecule has 0 fully saturated rings. The summed E-state index contributed by atoms with van der Waals surface area (Å²) in [6, 6.07) is 10.3. The summed E-state index contributed by atoms with van der Waals surface area (Å²) in [5.41, 5.74) is 0.402. The molecule has 0 bridgehead atoms. The summed E-state index contributed by atoms with van der Waals surface area (Å²) in [5, 5.41) is 9.16. The van der Waals surface area contributed by atoms with Crippen molar-refractivity contribution in [1.82, 2.24) is 4.98 Å². The number of aromatic nitrogens is 1. The molecule has 0 atom stereocenters. The molecular weight excluding hydrogens is 333 g/mol. The summed E-state index contributed by atoms with van der Waals surface area (Å²) < 4.78 is 46.5. The molecular formula is C16H12FN3O3S. The minimum Gasteiger partial charge on any atom is -0.495 e. The average Bonchev–Trinajstić information content (AvgIpc) is 3.01. The Morgan fingerprint density at radius 1 is 1.29 bits per heavy atom. The monoisotopic (exact) mass is 345 g/mol. The Morgan fingerprint density at radius 2 is 2.08 bits per heavy atom. The van der Waals surface area contributed by atoms with Gasteiger partial charge >= 0.3 is 0 Å². The Hall–Kier alpha value is -3.05. The SMILES string of the molecule is COc1cccc2c(S(=O)(=O)Nc3ccc(C#N)cc3F)c[nH]c12. The van der Waals surface area contributed by atoms with E-state index >= 15 is 0 Å². The smallest absolute Gasteiger partial charge is 0.264 e. The highest BCUT2D eigenvalue weighted by Gasteiger charge is 2.21. The van der Waals surface area contributed by atoms with Crippen LogP contribution in [0, 0.1) is 17.1 Å². The van der Waals surface area contributed by atoms with Gasteiger partial charge in [0.1, 0.15) is 16.5 Å². The maximum atomic E-state index is 13.9. The average molecular weight is 345 g/mol. The summed E-state index contributed by atoms with van der Waals surface area (Å²) in [6.45, 7) is 0.